The third-order valence-electron chi connectivity index (χ3n) is 1.71. The van der Waals surface area contributed by atoms with E-state index in [1.165, 1.54) is 6.07 Å². The van der Waals surface area contributed by atoms with Crippen LogP contribution in [0.15, 0.2) is 24.4 Å². The molecular weight excluding hydrogens is 239 g/mol. The summed E-state index contributed by atoms with van der Waals surface area (Å²) in [5.41, 5.74) is 0.918. The van der Waals surface area contributed by atoms with Gasteiger partial charge >= 0.3 is 82.7 Å². The molecule has 0 N–H and O–H groups in total. The Labute approximate surface area is 82.9 Å². The summed E-state index contributed by atoms with van der Waals surface area (Å²) >= 11 is 7.97. The van der Waals surface area contributed by atoms with Crippen molar-refractivity contribution in [2.24, 2.45) is 0 Å². The van der Waals surface area contributed by atoms with Crippen molar-refractivity contribution < 1.29 is 4.39 Å². The van der Waals surface area contributed by atoms with Crippen LogP contribution in [0.5, 0.6) is 0 Å². The van der Waals surface area contributed by atoms with Crippen molar-refractivity contribution >= 4 is 39.6 Å². The van der Waals surface area contributed by atoms with Gasteiger partial charge in [0.1, 0.15) is 0 Å². The molecule has 0 atom stereocenters. The van der Waals surface area contributed by atoms with Crippen molar-refractivity contribution in [3.05, 3.63) is 35.2 Å². The van der Waals surface area contributed by atoms with Gasteiger partial charge in [0.25, 0.3) is 0 Å². The van der Waals surface area contributed by atoms with E-state index in [9.17, 15) is 4.39 Å². The van der Waals surface area contributed by atoms with E-state index >= 15 is 0 Å². The Bertz CT molecular complexity index is 438. The second-order valence-corrected chi connectivity index (χ2v) is 3.80. The zero-order chi connectivity index (χ0) is 8.72. The zero-order valence-electron chi connectivity index (χ0n) is 5.96. The van der Waals surface area contributed by atoms with Gasteiger partial charge in [-0.1, -0.05) is 0 Å². The van der Waals surface area contributed by atoms with E-state index in [1.807, 2.05) is 15.7 Å². The number of halogens is 2. The minimum absolute atomic E-state index is 0.161. The predicted octanol–water partition coefficient (Wildman–Crippen LogP) is 2.37. The van der Waals surface area contributed by atoms with Crippen LogP contribution in [0.25, 0.3) is 10.9 Å². The molecule has 12 heavy (non-hydrogen) atoms. The SMILES string of the molecule is Fc1cc2ccn([As])c2cc1Cl. The van der Waals surface area contributed by atoms with Gasteiger partial charge in [-0.15, -0.1) is 0 Å². The first kappa shape index (κ1) is 8.15. The van der Waals surface area contributed by atoms with Crippen LogP contribution in [0, 0.1) is 5.82 Å². The van der Waals surface area contributed by atoms with E-state index in [0.717, 1.165) is 10.9 Å². The number of nitrogens with zero attached hydrogens (tertiary/aromatic N) is 1. The normalized spacial score (nSPS) is 10.9. The van der Waals surface area contributed by atoms with Gasteiger partial charge in [-0.3, -0.25) is 0 Å². The molecule has 4 heteroatoms. The Morgan fingerprint density at radius 3 is 2.92 bits per heavy atom. The maximum absolute atomic E-state index is 12.9. The van der Waals surface area contributed by atoms with Crippen LogP contribution in [-0.2, 0) is 0 Å². The second kappa shape index (κ2) is 2.79. The molecule has 2 aromatic rings. The molecule has 0 fully saturated rings. The molecule has 2 rings (SSSR count). The van der Waals surface area contributed by atoms with Gasteiger partial charge < -0.3 is 0 Å². The molecule has 0 amide bonds. The molecule has 0 aliphatic carbocycles. The van der Waals surface area contributed by atoms with E-state index in [-0.39, 0.29) is 10.8 Å². The van der Waals surface area contributed by atoms with Crippen molar-refractivity contribution in [1.29, 1.82) is 0 Å². The molecule has 1 aromatic heterocycles. The van der Waals surface area contributed by atoms with Crippen molar-refractivity contribution in [3.63, 3.8) is 0 Å². The fraction of sp³-hybridized carbons (Fsp3) is 0. The predicted molar refractivity (Wildman–Crippen MR) is 48.1 cm³/mol. The van der Waals surface area contributed by atoms with Crippen LogP contribution in [0.4, 0.5) is 4.39 Å². The molecule has 0 saturated carbocycles. The molecular formula is C8H4AsClFN. The third kappa shape index (κ3) is 1.15. The van der Waals surface area contributed by atoms with Crippen molar-refractivity contribution in [2.45, 2.75) is 0 Å². The molecule has 0 bridgehead atoms. The Hall–Kier alpha value is -0.462. The van der Waals surface area contributed by atoms with E-state index < -0.39 is 0 Å². The fourth-order valence-electron chi connectivity index (χ4n) is 1.11. The summed E-state index contributed by atoms with van der Waals surface area (Å²) in [5, 5.41) is 1.02. The maximum atomic E-state index is 12.9. The average Bonchev–Trinajstić information content (AvgIpc) is 2.35. The second-order valence-electron chi connectivity index (χ2n) is 2.49. The number of fused-ring (bicyclic) bond motifs is 1. The molecule has 1 aromatic carbocycles. The van der Waals surface area contributed by atoms with Crippen LogP contribution < -0.4 is 0 Å². The summed E-state index contributed by atoms with van der Waals surface area (Å²) in [7, 11) is 0. The van der Waals surface area contributed by atoms with Crippen molar-refractivity contribution in [3.8, 4) is 0 Å². The van der Waals surface area contributed by atoms with E-state index in [2.05, 4.69) is 17.1 Å². The van der Waals surface area contributed by atoms with Crippen molar-refractivity contribution in [2.75, 3.05) is 0 Å². The minimum atomic E-state index is -0.372. The van der Waals surface area contributed by atoms with E-state index in [1.54, 1.807) is 6.07 Å². The average molecular weight is 243 g/mol. The van der Waals surface area contributed by atoms with Gasteiger partial charge in [-0.25, -0.2) is 0 Å². The summed E-state index contributed by atoms with van der Waals surface area (Å²) < 4.78 is 14.8. The molecule has 0 aliphatic rings. The summed E-state index contributed by atoms with van der Waals surface area (Å²) in [6, 6.07) is 4.89. The summed E-state index contributed by atoms with van der Waals surface area (Å²) in [5.74, 6) is -0.372. The number of hydrogen-bond acceptors (Lipinski definition) is 0. The van der Waals surface area contributed by atoms with Crippen LogP contribution in [-0.4, -0.2) is 20.6 Å². The number of rotatable bonds is 0. The topological polar surface area (TPSA) is 4.93 Å². The van der Waals surface area contributed by atoms with Crippen LogP contribution in [0.1, 0.15) is 0 Å². The van der Waals surface area contributed by atoms with Crippen LogP contribution in [0.2, 0.25) is 5.02 Å². The molecule has 1 heterocycles. The summed E-state index contributed by atoms with van der Waals surface area (Å²) in [6.45, 7) is 0. The summed E-state index contributed by atoms with van der Waals surface area (Å²) in [4.78, 5) is 0. The summed E-state index contributed by atoms with van der Waals surface area (Å²) in [6.07, 6.45) is 1.85. The Morgan fingerprint density at radius 1 is 1.42 bits per heavy atom. The van der Waals surface area contributed by atoms with Crippen LogP contribution >= 0.6 is 11.6 Å². The Balaban J connectivity index is 2.87. The zero-order valence-corrected chi connectivity index (χ0v) is 8.59. The van der Waals surface area contributed by atoms with Gasteiger partial charge in [0.15, 0.2) is 0 Å². The number of aromatic nitrogens is 1. The third-order valence-corrected chi connectivity index (χ3v) is 2.73. The fourth-order valence-corrected chi connectivity index (χ4v) is 1.78. The molecule has 0 unspecified atom stereocenters. The quantitative estimate of drug-likeness (QED) is 0.626. The van der Waals surface area contributed by atoms with Gasteiger partial charge in [-0.05, 0) is 0 Å². The number of hydrogen-bond donors (Lipinski definition) is 0. The van der Waals surface area contributed by atoms with E-state index in [0.29, 0.717) is 0 Å². The first-order valence-electron chi connectivity index (χ1n) is 3.34. The molecule has 2 radical (unpaired) electrons. The molecule has 0 saturated heterocycles. The Kier molecular flexibility index (Phi) is 1.90. The van der Waals surface area contributed by atoms with Gasteiger partial charge in [-0.2, -0.15) is 0 Å². The molecule has 0 aliphatic heterocycles. The monoisotopic (exact) mass is 243 g/mol. The molecule has 0 spiro atoms. The van der Waals surface area contributed by atoms with Crippen molar-refractivity contribution in [1.82, 2.24) is 3.48 Å². The van der Waals surface area contributed by atoms with Crippen LogP contribution in [0.3, 0.4) is 0 Å². The van der Waals surface area contributed by atoms with Gasteiger partial charge in [0.05, 0.1) is 0 Å². The molecule has 60 valence electrons. The van der Waals surface area contributed by atoms with Gasteiger partial charge in [0.2, 0.25) is 0 Å². The first-order chi connectivity index (χ1) is 5.68. The first-order valence-corrected chi connectivity index (χ1v) is 4.55. The molecule has 1 nitrogen and oxygen atoms in total. The van der Waals surface area contributed by atoms with E-state index in [4.69, 9.17) is 11.6 Å². The Morgan fingerprint density at radius 2 is 2.17 bits per heavy atom. The standard InChI is InChI=1S/C8H4AsClFN/c9-12-2-1-5-3-7(11)6(10)4-8(5)12/h1-4H. The van der Waals surface area contributed by atoms with Gasteiger partial charge in [0, 0.05) is 0 Å². The number of benzene rings is 1.